The number of carbonyl (C=O) groups is 1. The van der Waals surface area contributed by atoms with Crippen molar-refractivity contribution in [1.29, 1.82) is 0 Å². The predicted molar refractivity (Wildman–Crippen MR) is 100 cm³/mol. The first-order valence-electron chi connectivity index (χ1n) is 8.67. The topological polar surface area (TPSA) is 69.5 Å². The van der Waals surface area contributed by atoms with Crippen LogP contribution in [0.3, 0.4) is 0 Å². The van der Waals surface area contributed by atoms with E-state index in [0.717, 1.165) is 16.9 Å². The number of methoxy groups -OCH3 is 2. The molecule has 2 aromatic heterocycles. The first kappa shape index (κ1) is 17.2. The van der Waals surface area contributed by atoms with Crippen molar-refractivity contribution in [3.8, 4) is 22.8 Å². The Kier molecular flexibility index (Phi) is 4.60. The van der Waals surface area contributed by atoms with E-state index in [1.807, 2.05) is 42.5 Å². The van der Waals surface area contributed by atoms with Crippen molar-refractivity contribution in [3.05, 3.63) is 60.4 Å². The fraction of sp³-hybridized carbons (Fsp3) is 0.250. The molecule has 0 atom stereocenters. The lowest BCUT2D eigenvalue weighted by Crippen LogP contribution is -2.54. The van der Waals surface area contributed by atoms with Crippen LogP contribution >= 0.6 is 0 Å². The monoisotopic (exact) mass is 364 g/mol. The van der Waals surface area contributed by atoms with E-state index in [1.165, 1.54) is 0 Å². The molecule has 1 aliphatic rings. The number of ether oxygens (including phenoxy) is 2. The van der Waals surface area contributed by atoms with E-state index >= 15 is 0 Å². The molecule has 1 aromatic carbocycles. The molecule has 1 amide bonds. The van der Waals surface area contributed by atoms with Crippen LogP contribution in [-0.4, -0.2) is 59.0 Å². The molecule has 1 aliphatic heterocycles. The zero-order valence-electron chi connectivity index (χ0n) is 15.2. The number of aromatic nitrogens is 3. The SMILES string of the molecule is COc1ccc(-n2nc(C(=O)N3CC(OC)C3)cc2-c2ccccc2)cn1. The molecule has 7 nitrogen and oxygen atoms in total. The molecule has 0 bridgehead atoms. The second-order valence-electron chi connectivity index (χ2n) is 6.32. The second-order valence-corrected chi connectivity index (χ2v) is 6.32. The zero-order valence-corrected chi connectivity index (χ0v) is 15.2. The van der Waals surface area contributed by atoms with Crippen molar-refractivity contribution < 1.29 is 14.3 Å². The number of carbonyl (C=O) groups excluding carboxylic acids is 1. The predicted octanol–water partition coefficient (Wildman–Crippen LogP) is 2.41. The number of benzene rings is 1. The molecule has 0 unspecified atom stereocenters. The van der Waals surface area contributed by atoms with E-state index in [9.17, 15) is 4.79 Å². The number of hydrogen-bond donors (Lipinski definition) is 0. The summed E-state index contributed by atoms with van der Waals surface area (Å²) in [4.78, 5) is 18.8. The van der Waals surface area contributed by atoms with Gasteiger partial charge >= 0.3 is 0 Å². The van der Waals surface area contributed by atoms with Gasteiger partial charge in [0.2, 0.25) is 5.88 Å². The molecule has 0 spiro atoms. The minimum absolute atomic E-state index is 0.0966. The molecular weight excluding hydrogens is 344 g/mol. The summed E-state index contributed by atoms with van der Waals surface area (Å²) in [7, 11) is 3.23. The van der Waals surface area contributed by atoms with Crippen molar-refractivity contribution in [2.75, 3.05) is 27.3 Å². The minimum Gasteiger partial charge on any atom is -0.481 e. The van der Waals surface area contributed by atoms with Gasteiger partial charge in [0, 0.05) is 31.8 Å². The van der Waals surface area contributed by atoms with Gasteiger partial charge in [0.15, 0.2) is 5.69 Å². The Morgan fingerprint density at radius 1 is 1.11 bits per heavy atom. The Morgan fingerprint density at radius 3 is 2.52 bits per heavy atom. The Hall–Kier alpha value is -3.19. The molecular formula is C20H20N4O3. The molecule has 0 N–H and O–H groups in total. The van der Waals surface area contributed by atoms with Gasteiger partial charge in [-0.25, -0.2) is 9.67 Å². The van der Waals surface area contributed by atoms with Crippen LogP contribution in [0.2, 0.25) is 0 Å². The first-order valence-corrected chi connectivity index (χ1v) is 8.67. The molecule has 138 valence electrons. The van der Waals surface area contributed by atoms with Crippen LogP contribution in [0.1, 0.15) is 10.5 Å². The van der Waals surface area contributed by atoms with Gasteiger partial charge in [-0.3, -0.25) is 4.79 Å². The van der Waals surface area contributed by atoms with Crippen LogP contribution in [0.4, 0.5) is 0 Å². The Balaban J connectivity index is 1.72. The number of hydrogen-bond acceptors (Lipinski definition) is 5. The van der Waals surface area contributed by atoms with E-state index < -0.39 is 0 Å². The number of pyridine rings is 1. The molecule has 27 heavy (non-hydrogen) atoms. The van der Waals surface area contributed by atoms with E-state index in [4.69, 9.17) is 9.47 Å². The van der Waals surface area contributed by atoms with Gasteiger partial charge in [0.25, 0.3) is 5.91 Å². The lowest BCUT2D eigenvalue weighted by atomic mass is 10.1. The van der Waals surface area contributed by atoms with E-state index in [-0.39, 0.29) is 12.0 Å². The van der Waals surface area contributed by atoms with Crippen LogP contribution in [-0.2, 0) is 4.74 Å². The van der Waals surface area contributed by atoms with E-state index in [1.54, 1.807) is 36.1 Å². The number of nitrogens with zero attached hydrogens (tertiary/aromatic N) is 4. The molecule has 0 radical (unpaired) electrons. The number of likely N-dealkylation sites (tertiary alicyclic amines) is 1. The smallest absolute Gasteiger partial charge is 0.274 e. The lowest BCUT2D eigenvalue weighted by molar-refractivity contribution is -0.0194. The quantitative estimate of drug-likeness (QED) is 0.695. The Bertz CT molecular complexity index is 932. The van der Waals surface area contributed by atoms with Gasteiger partial charge in [-0.15, -0.1) is 0 Å². The fourth-order valence-corrected chi connectivity index (χ4v) is 3.03. The summed E-state index contributed by atoms with van der Waals surface area (Å²) in [6.07, 6.45) is 1.78. The van der Waals surface area contributed by atoms with Crippen molar-refractivity contribution in [3.63, 3.8) is 0 Å². The summed E-state index contributed by atoms with van der Waals surface area (Å²) in [5.74, 6) is 0.426. The highest BCUT2D eigenvalue weighted by Gasteiger charge is 2.32. The molecule has 0 aliphatic carbocycles. The van der Waals surface area contributed by atoms with Gasteiger partial charge in [0.05, 0.1) is 30.8 Å². The molecule has 1 fully saturated rings. The van der Waals surface area contributed by atoms with Crippen LogP contribution in [0, 0.1) is 0 Å². The maximum absolute atomic E-state index is 12.8. The van der Waals surface area contributed by atoms with Crippen LogP contribution in [0.15, 0.2) is 54.7 Å². The highest BCUT2D eigenvalue weighted by Crippen LogP contribution is 2.26. The molecule has 3 heterocycles. The second kappa shape index (κ2) is 7.20. The average molecular weight is 364 g/mol. The summed E-state index contributed by atoms with van der Waals surface area (Å²) < 4.78 is 12.1. The summed E-state index contributed by atoms with van der Waals surface area (Å²) in [5.41, 5.74) is 2.96. The van der Waals surface area contributed by atoms with Gasteiger partial charge in [0.1, 0.15) is 0 Å². The molecule has 0 saturated carbocycles. The maximum Gasteiger partial charge on any atom is 0.274 e. The van der Waals surface area contributed by atoms with Crippen molar-refractivity contribution >= 4 is 5.91 Å². The maximum atomic E-state index is 12.8. The average Bonchev–Trinajstić information content (AvgIpc) is 3.13. The van der Waals surface area contributed by atoms with Gasteiger partial charge in [-0.2, -0.15) is 5.10 Å². The van der Waals surface area contributed by atoms with Crippen LogP contribution < -0.4 is 4.74 Å². The van der Waals surface area contributed by atoms with Crippen molar-refractivity contribution in [1.82, 2.24) is 19.7 Å². The first-order chi connectivity index (χ1) is 13.2. The highest BCUT2D eigenvalue weighted by atomic mass is 16.5. The standard InChI is InChI=1S/C20H20N4O3/c1-26-16-12-23(13-16)20(25)17-10-18(14-6-4-3-5-7-14)24(22-17)15-8-9-19(27-2)21-11-15/h3-11,16H,12-13H2,1-2H3. The normalized spacial score (nSPS) is 14.1. The molecule has 7 heteroatoms. The molecule has 3 aromatic rings. The van der Waals surface area contributed by atoms with Crippen molar-refractivity contribution in [2.24, 2.45) is 0 Å². The van der Waals surface area contributed by atoms with Crippen LogP contribution in [0.25, 0.3) is 16.9 Å². The molecule has 4 rings (SSSR count). The van der Waals surface area contributed by atoms with Gasteiger partial charge < -0.3 is 14.4 Å². The largest absolute Gasteiger partial charge is 0.481 e. The number of rotatable bonds is 5. The fourth-order valence-electron chi connectivity index (χ4n) is 3.03. The summed E-state index contributed by atoms with van der Waals surface area (Å²) in [6, 6.07) is 15.3. The third kappa shape index (κ3) is 3.29. The summed E-state index contributed by atoms with van der Waals surface area (Å²) in [5, 5.41) is 4.57. The van der Waals surface area contributed by atoms with E-state index in [0.29, 0.717) is 24.7 Å². The van der Waals surface area contributed by atoms with Gasteiger partial charge in [-0.05, 0) is 12.1 Å². The minimum atomic E-state index is -0.0966. The van der Waals surface area contributed by atoms with E-state index in [2.05, 4.69) is 10.1 Å². The highest BCUT2D eigenvalue weighted by molar-refractivity contribution is 5.94. The Morgan fingerprint density at radius 2 is 1.89 bits per heavy atom. The number of amides is 1. The third-order valence-corrected chi connectivity index (χ3v) is 4.64. The van der Waals surface area contributed by atoms with Crippen molar-refractivity contribution in [2.45, 2.75) is 6.10 Å². The zero-order chi connectivity index (χ0) is 18.8. The Labute approximate surface area is 157 Å². The summed E-state index contributed by atoms with van der Waals surface area (Å²) >= 11 is 0. The lowest BCUT2D eigenvalue weighted by Gasteiger charge is -2.37. The van der Waals surface area contributed by atoms with Gasteiger partial charge in [-0.1, -0.05) is 30.3 Å². The van der Waals surface area contributed by atoms with Crippen LogP contribution in [0.5, 0.6) is 5.88 Å². The molecule has 1 saturated heterocycles. The third-order valence-electron chi connectivity index (χ3n) is 4.64. The summed E-state index contributed by atoms with van der Waals surface area (Å²) in [6.45, 7) is 1.18.